The van der Waals surface area contributed by atoms with Gasteiger partial charge in [0.2, 0.25) is 0 Å². The van der Waals surface area contributed by atoms with Gasteiger partial charge in [-0.2, -0.15) is 0 Å². The van der Waals surface area contributed by atoms with Crippen molar-refractivity contribution in [1.82, 2.24) is 4.57 Å². The first-order valence-corrected chi connectivity index (χ1v) is 18.6. The smallest absolute Gasteiger partial charge is 0.0547 e. The predicted molar refractivity (Wildman–Crippen MR) is 221 cm³/mol. The highest BCUT2D eigenvalue weighted by Gasteiger charge is 2.27. The van der Waals surface area contributed by atoms with Gasteiger partial charge in [-0.1, -0.05) is 170 Å². The molecule has 50 heavy (non-hydrogen) atoms. The van der Waals surface area contributed by atoms with Crippen molar-refractivity contribution < 1.29 is 0 Å². The van der Waals surface area contributed by atoms with Crippen molar-refractivity contribution >= 4 is 21.8 Å². The summed E-state index contributed by atoms with van der Waals surface area (Å²) in [5, 5.41) is 2.70. The van der Waals surface area contributed by atoms with Crippen LogP contribution in [0.4, 0.5) is 0 Å². The highest BCUT2D eigenvalue weighted by atomic mass is 15.0. The molecule has 6 aromatic rings. The first kappa shape index (κ1) is 35.7. The lowest BCUT2D eigenvalue weighted by atomic mass is 9.78. The summed E-state index contributed by atoms with van der Waals surface area (Å²) in [6, 6.07) is 37.4. The van der Waals surface area contributed by atoms with Gasteiger partial charge in [0, 0.05) is 16.5 Å². The SMILES string of the molecule is CC(C)c1c(-c2cc(C(C)(C)C)cc(C(C)(C)C)c2)ccc2c1c1c(-c3ccccc3)cccc1n2-c1cc(C(C)(C)C)cc(C(C)(C)C)c1. The molecule has 0 aliphatic carbocycles. The number of benzene rings is 5. The molecule has 0 aliphatic heterocycles. The average molecular weight is 662 g/mol. The van der Waals surface area contributed by atoms with Gasteiger partial charge in [0.15, 0.2) is 0 Å². The van der Waals surface area contributed by atoms with Gasteiger partial charge in [0.1, 0.15) is 0 Å². The molecule has 0 bridgehead atoms. The zero-order chi connectivity index (χ0) is 36.6. The lowest BCUT2D eigenvalue weighted by Crippen LogP contribution is -2.17. The minimum absolute atomic E-state index is 0.0169. The fourth-order valence-corrected chi connectivity index (χ4v) is 7.42. The summed E-state index contributed by atoms with van der Waals surface area (Å²) in [6.07, 6.45) is 0. The van der Waals surface area contributed by atoms with Crippen LogP contribution in [0.25, 0.3) is 49.7 Å². The van der Waals surface area contributed by atoms with Crippen molar-refractivity contribution in [3.8, 4) is 27.9 Å². The van der Waals surface area contributed by atoms with E-state index in [0.29, 0.717) is 5.92 Å². The van der Waals surface area contributed by atoms with Gasteiger partial charge >= 0.3 is 0 Å². The molecule has 0 saturated carbocycles. The van der Waals surface area contributed by atoms with Crippen LogP contribution in [0.15, 0.2) is 97.1 Å². The van der Waals surface area contributed by atoms with Crippen molar-refractivity contribution in [2.45, 2.75) is 125 Å². The molecule has 1 aromatic heterocycles. The Balaban J connectivity index is 1.82. The van der Waals surface area contributed by atoms with Crippen LogP contribution in [-0.2, 0) is 21.7 Å². The van der Waals surface area contributed by atoms with E-state index in [1.807, 2.05) is 0 Å². The van der Waals surface area contributed by atoms with E-state index in [1.54, 1.807) is 0 Å². The van der Waals surface area contributed by atoms with Crippen molar-refractivity contribution in [1.29, 1.82) is 0 Å². The van der Waals surface area contributed by atoms with E-state index in [9.17, 15) is 0 Å². The van der Waals surface area contributed by atoms with Crippen LogP contribution in [0.3, 0.4) is 0 Å². The predicted octanol–water partition coefficient (Wildman–Crippen LogP) is 14.4. The number of nitrogens with zero attached hydrogens (tertiary/aromatic N) is 1. The van der Waals surface area contributed by atoms with Crippen molar-refractivity contribution in [2.75, 3.05) is 0 Å². The van der Waals surface area contributed by atoms with Crippen LogP contribution in [0.1, 0.15) is 131 Å². The van der Waals surface area contributed by atoms with Gasteiger partial charge in [-0.15, -0.1) is 0 Å². The molecule has 5 aromatic carbocycles. The minimum atomic E-state index is 0.0169. The number of hydrogen-bond acceptors (Lipinski definition) is 0. The summed E-state index contributed by atoms with van der Waals surface area (Å²) in [5.41, 5.74) is 16.0. The van der Waals surface area contributed by atoms with E-state index in [-0.39, 0.29) is 21.7 Å². The van der Waals surface area contributed by atoms with E-state index in [2.05, 4.69) is 199 Å². The van der Waals surface area contributed by atoms with E-state index in [1.165, 1.54) is 77.6 Å². The molecule has 0 atom stereocenters. The topological polar surface area (TPSA) is 4.93 Å². The van der Waals surface area contributed by atoms with E-state index in [4.69, 9.17) is 0 Å². The average Bonchev–Trinajstić information content (AvgIpc) is 3.37. The number of rotatable bonds is 4. The largest absolute Gasteiger partial charge is 0.309 e. The molecule has 0 amide bonds. The van der Waals surface area contributed by atoms with Crippen LogP contribution in [-0.4, -0.2) is 4.57 Å². The van der Waals surface area contributed by atoms with Gasteiger partial charge in [-0.3, -0.25) is 0 Å². The Morgan fingerprint density at radius 2 is 0.900 bits per heavy atom. The zero-order valence-corrected chi connectivity index (χ0v) is 33.3. The second kappa shape index (κ2) is 12.3. The summed E-state index contributed by atoms with van der Waals surface area (Å²) in [4.78, 5) is 0. The number of aromatic nitrogens is 1. The summed E-state index contributed by atoms with van der Waals surface area (Å²) >= 11 is 0. The maximum absolute atomic E-state index is 2.56. The molecule has 1 heterocycles. The molecule has 0 saturated heterocycles. The fraction of sp³-hybridized carbons (Fsp3) is 0.388. The van der Waals surface area contributed by atoms with Crippen LogP contribution in [0, 0.1) is 0 Å². The third-order valence-electron chi connectivity index (χ3n) is 10.5. The Morgan fingerprint density at radius 3 is 1.38 bits per heavy atom. The molecular formula is C49H59N. The first-order valence-electron chi connectivity index (χ1n) is 18.6. The third kappa shape index (κ3) is 6.57. The summed E-state index contributed by atoms with van der Waals surface area (Å²) in [5.74, 6) is 0.305. The molecule has 260 valence electrons. The minimum Gasteiger partial charge on any atom is -0.309 e. The van der Waals surface area contributed by atoms with E-state index < -0.39 is 0 Å². The van der Waals surface area contributed by atoms with Crippen molar-refractivity contribution in [3.63, 3.8) is 0 Å². The molecule has 0 radical (unpaired) electrons. The van der Waals surface area contributed by atoms with Crippen LogP contribution < -0.4 is 0 Å². The molecule has 1 nitrogen and oxygen atoms in total. The van der Waals surface area contributed by atoms with E-state index in [0.717, 1.165) is 0 Å². The molecule has 0 fully saturated rings. The molecule has 0 unspecified atom stereocenters. The number of hydrogen-bond donors (Lipinski definition) is 0. The molecule has 0 N–H and O–H groups in total. The molecule has 0 spiro atoms. The molecule has 0 aliphatic rings. The van der Waals surface area contributed by atoms with Crippen LogP contribution in [0.2, 0.25) is 0 Å². The van der Waals surface area contributed by atoms with Gasteiger partial charge in [-0.25, -0.2) is 0 Å². The standard InChI is InChI=1S/C49H59N/c1-31(2)43-40(33-25-34(46(3,4)5)27-35(26-33)47(6,7)8)23-24-42-45(43)44-39(32-19-16-15-17-20-32)21-18-22-41(44)50(42)38-29-36(48(9,10)11)28-37(30-38)49(12,13)14/h15-31H,1-14H3. The van der Waals surface area contributed by atoms with Gasteiger partial charge in [-0.05, 0) is 102 Å². The number of fused-ring (bicyclic) bond motifs is 3. The third-order valence-corrected chi connectivity index (χ3v) is 10.5. The Kier molecular flexibility index (Phi) is 8.78. The summed E-state index contributed by atoms with van der Waals surface area (Å²) < 4.78 is 2.56. The monoisotopic (exact) mass is 661 g/mol. The van der Waals surface area contributed by atoms with E-state index >= 15 is 0 Å². The van der Waals surface area contributed by atoms with Gasteiger partial charge < -0.3 is 4.57 Å². The molecular weight excluding hydrogens is 603 g/mol. The van der Waals surface area contributed by atoms with Crippen molar-refractivity contribution in [3.05, 3.63) is 125 Å². The molecule has 1 heteroatoms. The maximum Gasteiger partial charge on any atom is 0.0547 e. The Morgan fingerprint density at radius 1 is 0.420 bits per heavy atom. The Bertz CT molecular complexity index is 2130. The Labute approximate surface area is 302 Å². The maximum atomic E-state index is 2.56. The summed E-state index contributed by atoms with van der Waals surface area (Å²) in [7, 11) is 0. The quantitative estimate of drug-likeness (QED) is 0.177. The molecule has 6 rings (SSSR count). The highest BCUT2D eigenvalue weighted by Crippen LogP contribution is 2.46. The van der Waals surface area contributed by atoms with Gasteiger partial charge in [0.05, 0.1) is 11.0 Å². The highest BCUT2D eigenvalue weighted by molar-refractivity contribution is 6.18. The van der Waals surface area contributed by atoms with Crippen molar-refractivity contribution in [2.24, 2.45) is 0 Å². The fourth-order valence-electron chi connectivity index (χ4n) is 7.42. The second-order valence-corrected chi connectivity index (χ2v) is 19.0. The first-order chi connectivity index (χ1) is 23.2. The van der Waals surface area contributed by atoms with Crippen LogP contribution in [0.5, 0.6) is 0 Å². The zero-order valence-electron chi connectivity index (χ0n) is 33.3. The second-order valence-electron chi connectivity index (χ2n) is 19.0. The lowest BCUT2D eigenvalue weighted by molar-refractivity contribution is 0.568. The van der Waals surface area contributed by atoms with Gasteiger partial charge in [0.25, 0.3) is 0 Å². The normalized spacial score (nSPS) is 13.2. The summed E-state index contributed by atoms with van der Waals surface area (Å²) in [6.45, 7) is 32.8. The Hall–Kier alpha value is -4.10. The van der Waals surface area contributed by atoms with Crippen LogP contribution >= 0.6 is 0 Å². The lowest BCUT2D eigenvalue weighted by Gasteiger charge is -2.27.